The summed E-state index contributed by atoms with van der Waals surface area (Å²) in [6.45, 7) is 11.6. The first-order valence-electron chi connectivity index (χ1n) is 5.91. The van der Waals surface area contributed by atoms with Gasteiger partial charge in [0.05, 0.1) is 0 Å². The minimum absolute atomic E-state index is 0.110. The standard InChI is InChI=1S/C13H22O3/c1-6-7-8-9(2)10-11(15-10)12(14)16-13(3,4)5/h10-11H,2,6-8H2,1,3-5H3. The second-order valence-electron chi connectivity index (χ2n) is 5.27. The zero-order chi connectivity index (χ0) is 12.3. The van der Waals surface area contributed by atoms with Crippen molar-refractivity contribution < 1.29 is 14.3 Å². The second-order valence-corrected chi connectivity index (χ2v) is 5.27. The lowest BCUT2D eigenvalue weighted by atomic mass is 10.1. The average Bonchev–Trinajstić information content (AvgIpc) is 2.90. The highest BCUT2D eigenvalue weighted by Gasteiger charge is 2.48. The van der Waals surface area contributed by atoms with Gasteiger partial charge in [-0.2, -0.15) is 0 Å². The van der Waals surface area contributed by atoms with Crippen LogP contribution in [0.15, 0.2) is 12.2 Å². The van der Waals surface area contributed by atoms with Gasteiger partial charge in [-0.05, 0) is 39.2 Å². The summed E-state index contributed by atoms with van der Waals surface area (Å²) in [5.74, 6) is -0.268. The zero-order valence-electron chi connectivity index (χ0n) is 10.7. The van der Waals surface area contributed by atoms with E-state index < -0.39 is 11.7 Å². The third-order valence-corrected chi connectivity index (χ3v) is 2.38. The third-order valence-electron chi connectivity index (χ3n) is 2.38. The number of ether oxygens (including phenoxy) is 2. The molecule has 1 fully saturated rings. The van der Waals surface area contributed by atoms with Gasteiger partial charge < -0.3 is 9.47 Å². The van der Waals surface area contributed by atoms with Gasteiger partial charge in [0.25, 0.3) is 0 Å². The molecule has 1 saturated heterocycles. The van der Waals surface area contributed by atoms with E-state index in [-0.39, 0.29) is 12.1 Å². The number of hydrogen-bond acceptors (Lipinski definition) is 3. The molecular weight excluding hydrogens is 204 g/mol. The largest absolute Gasteiger partial charge is 0.458 e. The van der Waals surface area contributed by atoms with E-state index in [0.717, 1.165) is 24.8 Å². The van der Waals surface area contributed by atoms with Crippen LogP contribution in [0.1, 0.15) is 47.0 Å². The van der Waals surface area contributed by atoms with Crippen molar-refractivity contribution in [1.82, 2.24) is 0 Å². The molecule has 2 unspecified atom stereocenters. The van der Waals surface area contributed by atoms with Crippen LogP contribution in [-0.4, -0.2) is 23.8 Å². The lowest BCUT2D eigenvalue weighted by Crippen LogP contribution is -2.27. The summed E-state index contributed by atoms with van der Waals surface area (Å²) in [6.07, 6.45) is 2.63. The van der Waals surface area contributed by atoms with Crippen LogP contribution in [-0.2, 0) is 14.3 Å². The maximum Gasteiger partial charge on any atom is 0.338 e. The summed E-state index contributed by atoms with van der Waals surface area (Å²) in [7, 11) is 0. The third kappa shape index (κ3) is 3.97. The van der Waals surface area contributed by atoms with E-state index in [1.54, 1.807) is 0 Å². The molecule has 16 heavy (non-hydrogen) atoms. The van der Waals surface area contributed by atoms with Gasteiger partial charge in [-0.25, -0.2) is 4.79 Å². The van der Waals surface area contributed by atoms with Gasteiger partial charge >= 0.3 is 5.97 Å². The highest BCUT2D eigenvalue weighted by Crippen LogP contribution is 2.32. The van der Waals surface area contributed by atoms with E-state index in [9.17, 15) is 4.79 Å². The predicted molar refractivity (Wildman–Crippen MR) is 63.2 cm³/mol. The normalized spacial score (nSPS) is 24.0. The van der Waals surface area contributed by atoms with Crippen LogP contribution in [0.25, 0.3) is 0 Å². The molecule has 0 bridgehead atoms. The Morgan fingerprint density at radius 1 is 1.38 bits per heavy atom. The quantitative estimate of drug-likeness (QED) is 0.411. The molecule has 92 valence electrons. The minimum atomic E-state index is -0.446. The van der Waals surface area contributed by atoms with Crippen molar-refractivity contribution >= 4 is 5.97 Å². The molecule has 0 aromatic rings. The number of carbonyl (C=O) groups is 1. The summed E-state index contributed by atoms with van der Waals surface area (Å²) < 4.78 is 10.6. The first-order chi connectivity index (χ1) is 7.35. The molecule has 0 radical (unpaired) electrons. The molecular formula is C13H22O3. The molecule has 3 heteroatoms. The maximum atomic E-state index is 11.6. The summed E-state index contributed by atoms with van der Waals surface area (Å²) in [5.41, 5.74) is 0.566. The smallest absolute Gasteiger partial charge is 0.338 e. The van der Waals surface area contributed by atoms with Crippen molar-refractivity contribution in [2.24, 2.45) is 0 Å². The van der Waals surface area contributed by atoms with Crippen molar-refractivity contribution in [2.75, 3.05) is 0 Å². The van der Waals surface area contributed by atoms with E-state index in [1.807, 2.05) is 20.8 Å². The highest BCUT2D eigenvalue weighted by atomic mass is 16.6. The second kappa shape index (κ2) is 5.00. The van der Waals surface area contributed by atoms with Crippen LogP contribution >= 0.6 is 0 Å². The first-order valence-corrected chi connectivity index (χ1v) is 5.91. The molecule has 1 heterocycles. The molecule has 0 aromatic heterocycles. The molecule has 0 aliphatic carbocycles. The number of esters is 1. The Morgan fingerprint density at radius 3 is 2.50 bits per heavy atom. The minimum Gasteiger partial charge on any atom is -0.458 e. The van der Waals surface area contributed by atoms with Crippen molar-refractivity contribution in [3.05, 3.63) is 12.2 Å². The number of carbonyl (C=O) groups excluding carboxylic acids is 1. The fourth-order valence-electron chi connectivity index (χ4n) is 1.51. The van der Waals surface area contributed by atoms with E-state index in [2.05, 4.69) is 13.5 Å². The van der Waals surface area contributed by atoms with Gasteiger partial charge in [-0.15, -0.1) is 0 Å². The Labute approximate surface area is 97.8 Å². The van der Waals surface area contributed by atoms with E-state index in [4.69, 9.17) is 9.47 Å². The number of hydrogen-bond donors (Lipinski definition) is 0. The van der Waals surface area contributed by atoms with Gasteiger partial charge in [0.15, 0.2) is 6.10 Å². The molecule has 3 nitrogen and oxygen atoms in total. The van der Waals surface area contributed by atoms with Crippen molar-refractivity contribution in [2.45, 2.75) is 64.8 Å². The Kier molecular flexibility index (Phi) is 4.14. The summed E-state index contributed by atoms with van der Waals surface area (Å²) >= 11 is 0. The van der Waals surface area contributed by atoms with Crippen LogP contribution in [0, 0.1) is 0 Å². The van der Waals surface area contributed by atoms with Crippen molar-refractivity contribution in [1.29, 1.82) is 0 Å². The van der Waals surface area contributed by atoms with Gasteiger partial charge in [0, 0.05) is 0 Å². The fraction of sp³-hybridized carbons (Fsp3) is 0.769. The lowest BCUT2D eigenvalue weighted by molar-refractivity contribution is -0.156. The topological polar surface area (TPSA) is 38.8 Å². The van der Waals surface area contributed by atoms with E-state index in [1.165, 1.54) is 0 Å². The van der Waals surface area contributed by atoms with Crippen LogP contribution in [0.2, 0.25) is 0 Å². The Balaban J connectivity index is 2.33. The predicted octanol–water partition coefficient (Wildman–Crippen LogP) is 2.84. The molecule has 0 N–H and O–H groups in total. The van der Waals surface area contributed by atoms with Gasteiger partial charge in [-0.3, -0.25) is 0 Å². The van der Waals surface area contributed by atoms with E-state index in [0.29, 0.717) is 0 Å². The number of rotatable bonds is 5. The van der Waals surface area contributed by atoms with Crippen LogP contribution in [0.3, 0.4) is 0 Å². The van der Waals surface area contributed by atoms with Gasteiger partial charge in [-0.1, -0.05) is 19.9 Å². The van der Waals surface area contributed by atoms with Crippen LogP contribution < -0.4 is 0 Å². The van der Waals surface area contributed by atoms with Gasteiger partial charge in [0.1, 0.15) is 11.7 Å². The Bertz CT molecular complexity index is 275. The molecule has 1 aliphatic rings. The molecule has 0 saturated carbocycles. The number of epoxide rings is 1. The zero-order valence-corrected chi connectivity index (χ0v) is 10.7. The van der Waals surface area contributed by atoms with Crippen LogP contribution in [0.4, 0.5) is 0 Å². The highest BCUT2D eigenvalue weighted by molar-refractivity contribution is 5.79. The van der Waals surface area contributed by atoms with Crippen molar-refractivity contribution in [3.8, 4) is 0 Å². The Morgan fingerprint density at radius 2 is 2.00 bits per heavy atom. The molecule has 0 aromatic carbocycles. The molecule has 0 amide bonds. The summed E-state index contributed by atoms with van der Waals surface area (Å²) in [4.78, 5) is 11.6. The van der Waals surface area contributed by atoms with Crippen LogP contribution in [0.5, 0.6) is 0 Å². The monoisotopic (exact) mass is 226 g/mol. The Hall–Kier alpha value is -0.830. The lowest BCUT2D eigenvalue weighted by Gasteiger charge is -2.18. The summed E-state index contributed by atoms with van der Waals surface area (Å²) in [6, 6.07) is 0. The fourth-order valence-corrected chi connectivity index (χ4v) is 1.51. The molecule has 1 rings (SSSR count). The number of unbranched alkanes of at least 4 members (excludes halogenated alkanes) is 1. The first kappa shape index (κ1) is 13.2. The molecule has 1 aliphatic heterocycles. The summed E-state index contributed by atoms with van der Waals surface area (Å²) in [5, 5.41) is 0. The SMILES string of the molecule is C=C(CCCC)C1OC1C(=O)OC(C)(C)C. The van der Waals surface area contributed by atoms with E-state index >= 15 is 0 Å². The van der Waals surface area contributed by atoms with Gasteiger partial charge in [0.2, 0.25) is 0 Å². The maximum absolute atomic E-state index is 11.6. The molecule has 2 atom stereocenters. The average molecular weight is 226 g/mol. The van der Waals surface area contributed by atoms with Crippen molar-refractivity contribution in [3.63, 3.8) is 0 Å². The molecule has 0 spiro atoms.